The van der Waals surface area contributed by atoms with E-state index in [9.17, 15) is 24.8 Å². The Morgan fingerprint density at radius 3 is 2.58 bits per heavy atom. The minimum atomic E-state index is -0.686. The average Bonchev–Trinajstić information content (AvgIpc) is 3.11. The van der Waals surface area contributed by atoms with E-state index < -0.39 is 29.7 Å². The molecule has 0 saturated carbocycles. The molecule has 1 fully saturated rings. The first-order valence-corrected chi connectivity index (χ1v) is 12.3. The maximum atomic E-state index is 13.3. The van der Waals surface area contributed by atoms with Crippen LogP contribution in [0.1, 0.15) is 40.4 Å². The van der Waals surface area contributed by atoms with Gasteiger partial charge in [-0.25, -0.2) is 0 Å². The first-order chi connectivity index (χ1) is 17.2. The number of benzene rings is 1. The zero-order valence-corrected chi connectivity index (χ0v) is 21.7. The summed E-state index contributed by atoms with van der Waals surface area (Å²) in [5.74, 6) is -0.951. The molecule has 1 N–H and O–H groups in total. The van der Waals surface area contributed by atoms with Gasteiger partial charge in [-0.1, -0.05) is 36.1 Å². The van der Waals surface area contributed by atoms with Crippen LogP contribution in [-0.4, -0.2) is 57.5 Å². The number of methoxy groups -OCH3 is 1. The highest BCUT2D eigenvalue weighted by molar-refractivity contribution is 8.26. The molecule has 0 atom stereocenters. The van der Waals surface area contributed by atoms with Gasteiger partial charge < -0.3 is 14.6 Å². The summed E-state index contributed by atoms with van der Waals surface area (Å²) in [6, 6.07) is 8.92. The molecule has 0 aliphatic carbocycles. The Bertz CT molecular complexity index is 1330. The Kier molecular flexibility index (Phi) is 9.03. The summed E-state index contributed by atoms with van der Waals surface area (Å²) < 4.78 is 11.6. The number of amides is 1. The largest absolute Gasteiger partial charge is 0.497 e. The van der Waals surface area contributed by atoms with E-state index in [-0.39, 0.29) is 27.6 Å². The summed E-state index contributed by atoms with van der Waals surface area (Å²) in [5, 5.41) is 20.3. The van der Waals surface area contributed by atoms with E-state index >= 15 is 0 Å². The quantitative estimate of drug-likeness (QED) is 0.215. The highest BCUT2D eigenvalue weighted by atomic mass is 32.2. The fourth-order valence-electron chi connectivity index (χ4n) is 3.67. The first-order valence-electron chi connectivity index (χ1n) is 11.1. The van der Waals surface area contributed by atoms with Crippen LogP contribution in [0.5, 0.6) is 11.6 Å². The molecule has 36 heavy (non-hydrogen) atoms. The van der Waals surface area contributed by atoms with Gasteiger partial charge in [-0.2, -0.15) is 5.26 Å². The van der Waals surface area contributed by atoms with Gasteiger partial charge in [-0.15, -0.1) is 0 Å². The van der Waals surface area contributed by atoms with Gasteiger partial charge in [-0.05, 0) is 49.6 Å². The molecule has 0 bridgehead atoms. The van der Waals surface area contributed by atoms with Gasteiger partial charge in [0.25, 0.3) is 11.5 Å². The molecule has 1 aliphatic rings. The standard InChI is InChI=1S/C25H25N3O6S2/c1-4-34-11-5-10-27-22(30)18(13-26)15(2)21(24(27)32)19(29)14-28-23(31)20(36-25(28)35)12-16-6-8-17(33-3)9-7-16/h6-9,12,32H,4-5,10-11,14H2,1-3H3/b20-12-. The lowest BCUT2D eigenvalue weighted by Crippen LogP contribution is -2.35. The molecular formula is C25H25N3O6S2. The van der Waals surface area contributed by atoms with Gasteiger partial charge in [0.1, 0.15) is 21.7 Å². The number of aromatic hydroxyl groups is 1. The van der Waals surface area contributed by atoms with E-state index in [1.165, 1.54) is 6.92 Å². The van der Waals surface area contributed by atoms with Crippen LogP contribution < -0.4 is 10.3 Å². The maximum Gasteiger partial charge on any atom is 0.271 e. The number of carbonyl (C=O) groups is 2. The van der Waals surface area contributed by atoms with E-state index in [0.717, 1.165) is 26.8 Å². The molecule has 11 heteroatoms. The van der Waals surface area contributed by atoms with Gasteiger partial charge in [0.15, 0.2) is 5.78 Å². The number of pyridine rings is 1. The van der Waals surface area contributed by atoms with E-state index in [1.54, 1.807) is 37.5 Å². The zero-order chi connectivity index (χ0) is 26.4. The van der Waals surface area contributed by atoms with Crippen molar-refractivity contribution >= 4 is 46.1 Å². The predicted molar refractivity (Wildman–Crippen MR) is 140 cm³/mol. The molecule has 0 unspecified atom stereocenters. The first kappa shape index (κ1) is 27.1. The molecule has 1 aromatic carbocycles. The van der Waals surface area contributed by atoms with Gasteiger partial charge in [-0.3, -0.25) is 23.9 Å². The maximum absolute atomic E-state index is 13.3. The number of nitrogens with zero attached hydrogens (tertiary/aromatic N) is 3. The normalized spacial score (nSPS) is 14.4. The molecule has 2 heterocycles. The third kappa shape index (κ3) is 5.67. The average molecular weight is 528 g/mol. The number of Topliss-reactive ketones (excluding diaryl/α,β-unsaturated/α-hetero) is 1. The topological polar surface area (TPSA) is 122 Å². The molecule has 1 aliphatic heterocycles. The summed E-state index contributed by atoms with van der Waals surface area (Å²) >= 11 is 6.40. The highest BCUT2D eigenvalue weighted by Crippen LogP contribution is 2.33. The summed E-state index contributed by atoms with van der Waals surface area (Å²) in [6.45, 7) is 3.72. The predicted octanol–water partition coefficient (Wildman–Crippen LogP) is 3.25. The van der Waals surface area contributed by atoms with E-state index in [1.807, 2.05) is 13.0 Å². The number of nitriles is 1. The number of hydrogen-bond donors (Lipinski definition) is 1. The van der Waals surface area contributed by atoms with Crippen LogP contribution in [0.3, 0.4) is 0 Å². The third-order valence-corrected chi connectivity index (χ3v) is 6.92. The smallest absolute Gasteiger partial charge is 0.271 e. The second kappa shape index (κ2) is 12.0. The van der Waals surface area contributed by atoms with Crippen molar-refractivity contribution < 1.29 is 24.2 Å². The second-order valence-corrected chi connectivity index (χ2v) is 9.46. The molecule has 3 rings (SSSR count). The lowest BCUT2D eigenvalue weighted by atomic mass is 10.0. The van der Waals surface area contributed by atoms with Crippen molar-refractivity contribution in [2.75, 3.05) is 26.9 Å². The Balaban J connectivity index is 1.88. The van der Waals surface area contributed by atoms with Crippen LogP contribution in [0.25, 0.3) is 6.08 Å². The lowest BCUT2D eigenvalue weighted by molar-refractivity contribution is -0.121. The summed E-state index contributed by atoms with van der Waals surface area (Å²) in [6.07, 6.45) is 2.06. The van der Waals surface area contributed by atoms with Crippen LogP contribution in [0.2, 0.25) is 0 Å². The number of thioether (sulfide) groups is 1. The Hall–Kier alpha value is -3.46. The monoisotopic (exact) mass is 527 g/mol. The van der Waals surface area contributed by atoms with Crippen molar-refractivity contribution in [3.63, 3.8) is 0 Å². The second-order valence-electron chi connectivity index (χ2n) is 7.78. The number of ketones is 1. The molecule has 1 amide bonds. The van der Waals surface area contributed by atoms with Crippen molar-refractivity contribution in [3.05, 3.63) is 61.8 Å². The van der Waals surface area contributed by atoms with Crippen molar-refractivity contribution in [2.45, 2.75) is 26.8 Å². The van der Waals surface area contributed by atoms with Crippen molar-refractivity contribution in [1.29, 1.82) is 5.26 Å². The molecular weight excluding hydrogens is 502 g/mol. The van der Waals surface area contributed by atoms with Gasteiger partial charge in [0.05, 0.1) is 24.1 Å². The number of rotatable bonds is 10. The van der Waals surface area contributed by atoms with Crippen molar-refractivity contribution in [2.24, 2.45) is 0 Å². The SMILES string of the molecule is CCOCCCn1c(O)c(C(=O)CN2C(=O)/C(=C/c3ccc(OC)cc3)SC2=S)c(C)c(C#N)c1=O. The van der Waals surface area contributed by atoms with Crippen LogP contribution in [0.4, 0.5) is 0 Å². The number of hydrogen-bond acceptors (Lipinski definition) is 9. The summed E-state index contributed by atoms with van der Waals surface area (Å²) in [4.78, 5) is 40.5. The molecule has 2 aromatic rings. The number of ether oxygens (including phenoxy) is 2. The van der Waals surface area contributed by atoms with E-state index in [4.69, 9.17) is 21.7 Å². The van der Waals surface area contributed by atoms with Crippen LogP contribution >= 0.6 is 24.0 Å². The Morgan fingerprint density at radius 1 is 1.28 bits per heavy atom. The molecule has 0 spiro atoms. The minimum absolute atomic E-state index is 0.0604. The zero-order valence-electron chi connectivity index (χ0n) is 20.1. The fraction of sp³-hybridized carbons (Fsp3) is 0.320. The molecule has 188 valence electrons. The number of thiocarbonyl (C=S) groups is 1. The summed E-state index contributed by atoms with van der Waals surface area (Å²) in [5.41, 5.74) is -0.291. The lowest BCUT2D eigenvalue weighted by Gasteiger charge is -2.18. The van der Waals surface area contributed by atoms with E-state index in [0.29, 0.717) is 30.3 Å². The fourth-order valence-corrected chi connectivity index (χ4v) is 4.93. The van der Waals surface area contributed by atoms with Crippen LogP contribution in [-0.2, 0) is 16.1 Å². The van der Waals surface area contributed by atoms with Gasteiger partial charge in [0, 0.05) is 19.8 Å². The summed E-state index contributed by atoms with van der Waals surface area (Å²) in [7, 11) is 1.56. The van der Waals surface area contributed by atoms with E-state index in [2.05, 4.69) is 0 Å². The molecule has 9 nitrogen and oxygen atoms in total. The number of carbonyl (C=O) groups excluding carboxylic acids is 2. The van der Waals surface area contributed by atoms with Crippen LogP contribution in [0.15, 0.2) is 34.0 Å². The highest BCUT2D eigenvalue weighted by Gasteiger charge is 2.35. The Labute approximate surface area is 217 Å². The van der Waals surface area contributed by atoms with Crippen molar-refractivity contribution in [1.82, 2.24) is 9.47 Å². The Morgan fingerprint density at radius 2 is 1.97 bits per heavy atom. The van der Waals surface area contributed by atoms with Crippen molar-refractivity contribution in [3.8, 4) is 17.7 Å². The molecule has 0 radical (unpaired) electrons. The molecule has 1 saturated heterocycles. The van der Waals surface area contributed by atoms with Crippen LogP contribution in [0, 0.1) is 18.3 Å². The molecule has 1 aromatic heterocycles. The van der Waals surface area contributed by atoms with Gasteiger partial charge in [0.2, 0.25) is 5.88 Å². The third-order valence-electron chi connectivity index (χ3n) is 5.54. The van der Waals surface area contributed by atoms with Gasteiger partial charge >= 0.3 is 0 Å². The minimum Gasteiger partial charge on any atom is -0.497 e. The number of aromatic nitrogens is 1.